The van der Waals surface area contributed by atoms with Crippen molar-refractivity contribution in [2.24, 2.45) is 0 Å². The van der Waals surface area contributed by atoms with Gasteiger partial charge in [-0.05, 0) is 30.5 Å². The second kappa shape index (κ2) is 8.19. The predicted molar refractivity (Wildman–Crippen MR) is 111 cm³/mol. The highest BCUT2D eigenvalue weighted by molar-refractivity contribution is 7.16. The molecule has 1 N–H and O–H groups in total. The zero-order valence-electron chi connectivity index (χ0n) is 16.2. The first-order valence-electron chi connectivity index (χ1n) is 9.49. The van der Waals surface area contributed by atoms with Gasteiger partial charge in [-0.3, -0.25) is 9.69 Å². The molecule has 4 rings (SSSR count). The topological polar surface area (TPSA) is 61.4 Å². The molecule has 1 saturated heterocycles. The maximum Gasteiger partial charge on any atom is 0.418 e. The molecule has 1 fully saturated rings. The van der Waals surface area contributed by atoms with Gasteiger partial charge in [-0.25, -0.2) is 9.97 Å². The third kappa shape index (κ3) is 4.10. The Morgan fingerprint density at radius 1 is 1.13 bits per heavy atom. The molecule has 1 aromatic carbocycles. The molecule has 1 unspecified atom stereocenters. The molecule has 6 nitrogen and oxygen atoms in total. The third-order valence-electron chi connectivity index (χ3n) is 5.27. The summed E-state index contributed by atoms with van der Waals surface area (Å²) in [7, 11) is 0. The number of carbonyl (C=O) groups is 1. The van der Waals surface area contributed by atoms with Gasteiger partial charge in [-0.15, -0.1) is 11.3 Å². The maximum absolute atomic E-state index is 13.2. The van der Waals surface area contributed by atoms with E-state index in [4.69, 9.17) is 0 Å². The van der Waals surface area contributed by atoms with Crippen LogP contribution < -0.4 is 10.2 Å². The number of hydrogen-bond acceptors (Lipinski definition) is 6. The van der Waals surface area contributed by atoms with Gasteiger partial charge >= 0.3 is 6.18 Å². The van der Waals surface area contributed by atoms with E-state index in [2.05, 4.69) is 20.2 Å². The number of halogens is 3. The molecule has 10 heteroatoms. The van der Waals surface area contributed by atoms with E-state index in [1.165, 1.54) is 18.2 Å². The normalized spacial score (nSPS) is 16.6. The zero-order chi connectivity index (χ0) is 21.3. The maximum atomic E-state index is 13.2. The number of aromatic nitrogens is 2. The van der Waals surface area contributed by atoms with Gasteiger partial charge in [0.1, 0.15) is 17.0 Å². The lowest BCUT2D eigenvalue weighted by atomic mass is 10.1. The molecular formula is C20H20F3N5OS. The second-order valence-corrected chi connectivity index (χ2v) is 7.96. The van der Waals surface area contributed by atoms with Crippen molar-refractivity contribution >= 4 is 39.0 Å². The lowest BCUT2D eigenvalue weighted by molar-refractivity contribution is -0.137. The largest absolute Gasteiger partial charge is 0.418 e. The second-order valence-electron chi connectivity index (χ2n) is 7.07. The lowest BCUT2D eigenvalue weighted by Gasteiger charge is -2.38. The summed E-state index contributed by atoms with van der Waals surface area (Å²) in [6, 6.07) is 6.45. The minimum atomic E-state index is -4.52. The summed E-state index contributed by atoms with van der Waals surface area (Å²) >= 11 is 1.56. The highest BCUT2D eigenvalue weighted by Gasteiger charge is 2.34. The summed E-state index contributed by atoms with van der Waals surface area (Å²) in [5, 5.41) is 5.43. The summed E-state index contributed by atoms with van der Waals surface area (Å²) in [5.74, 6) is 0.416. The first-order valence-corrected chi connectivity index (χ1v) is 10.4. The Labute approximate surface area is 175 Å². The minimum Gasteiger partial charge on any atom is -0.353 e. The fourth-order valence-electron chi connectivity index (χ4n) is 3.59. The molecule has 3 aromatic rings. The van der Waals surface area contributed by atoms with Crippen LogP contribution in [0.2, 0.25) is 0 Å². The number of carbonyl (C=O) groups excluding carboxylic acids is 1. The smallest absolute Gasteiger partial charge is 0.353 e. The van der Waals surface area contributed by atoms with Gasteiger partial charge in [0, 0.05) is 26.2 Å². The average molecular weight is 435 g/mol. The Bertz CT molecular complexity index is 1050. The number of hydrogen-bond donors (Lipinski definition) is 1. The van der Waals surface area contributed by atoms with Crippen molar-refractivity contribution in [2.45, 2.75) is 19.1 Å². The highest BCUT2D eigenvalue weighted by Crippen LogP contribution is 2.34. The number of thiophene rings is 1. The molecule has 158 valence electrons. The van der Waals surface area contributed by atoms with Crippen molar-refractivity contribution in [2.75, 3.05) is 36.4 Å². The van der Waals surface area contributed by atoms with Gasteiger partial charge in [0.05, 0.1) is 22.7 Å². The summed E-state index contributed by atoms with van der Waals surface area (Å²) in [6.07, 6.45) is -2.97. The lowest BCUT2D eigenvalue weighted by Crippen LogP contribution is -2.53. The third-order valence-corrected chi connectivity index (χ3v) is 6.09. The van der Waals surface area contributed by atoms with E-state index in [0.717, 1.165) is 22.1 Å². The number of alkyl halides is 3. The number of nitrogens with one attached hydrogen (secondary N) is 1. The summed E-state index contributed by atoms with van der Waals surface area (Å²) < 4.78 is 39.5. The molecule has 2 aromatic heterocycles. The Kier molecular flexibility index (Phi) is 5.61. The number of anilines is 2. The molecule has 1 aliphatic rings. The van der Waals surface area contributed by atoms with E-state index in [-0.39, 0.29) is 5.69 Å². The molecule has 1 aliphatic heterocycles. The molecule has 1 atom stereocenters. The number of nitrogens with zero attached hydrogens (tertiary/aromatic N) is 4. The van der Waals surface area contributed by atoms with E-state index in [0.29, 0.717) is 26.2 Å². The van der Waals surface area contributed by atoms with E-state index >= 15 is 0 Å². The van der Waals surface area contributed by atoms with Gasteiger partial charge in [-0.1, -0.05) is 12.1 Å². The number of para-hydroxylation sites is 1. The average Bonchev–Trinajstić information content (AvgIpc) is 3.22. The first-order chi connectivity index (χ1) is 14.3. The quantitative estimate of drug-likeness (QED) is 0.675. The molecular weight excluding hydrogens is 415 g/mol. The van der Waals surface area contributed by atoms with Crippen molar-refractivity contribution in [3.05, 3.63) is 47.6 Å². The van der Waals surface area contributed by atoms with Crippen LogP contribution in [0.15, 0.2) is 42.0 Å². The molecule has 3 heterocycles. The minimum absolute atomic E-state index is 0.221. The Morgan fingerprint density at radius 3 is 2.60 bits per heavy atom. The van der Waals surface area contributed by atoms with Crippen LogP contribution in [0, 0.1) is 0 Å². The molecule has 0 aliphatic carbocycles. The molecule has 1 amide bonds. The van der Waals surface area contributed by atoms with Crippen LogP contribution >= 0.6 is 11.3 Å². The SMILES string of the molecule is CC(C(=O)Nc1ccccc1C(F)(F)F)N1CCN(c2ncnc3sccc23)CC1. The number of rotatable bonds is 4. The van der Waals surface area contributed by atoms with Crippen molar-refractivity contribution in [3.8, 4) is 0 Å². The van der Waals surface area contributed by atoms with Crippen LogP contribution in [0.1, 0.15) is 12.5 Å². The highest BCUT2D eigenvalue weighted by atomic mass is 32.1. The van der Waals surface area contributed by atoms with Crippen LogP contribution in [-0.2, 0) is 11.0 Å². The molecule has 0 spiro atoms. The van der Waals surface area contributed by atoms with E-state index < -0.39 is 23.7 Å². The Hall–Kier alpha value is -2.72. The molecule has 0 bridgehead atoms. The molecule has 0 radical (unpaired) electrons. The van der Waals surface area contributed by atoms with Gasteiger partial charge in [-0.2, -0.15) is 13.2 Å². The van der Waals surface area contributed by atoms with Gasteiger partial charge in [0.2, 0.25) is 5.91 Å². The van der Waals surface area contributed by atoms with E-state index in [1.54, 1.807) is 24.6 Å². The van der Waals surface area contributed by atoms with Crippen LogP contribution in [0.4, 0.5) is 24.7 Å². The number of benzene rings is 1. The van der Waals surface area contributed by atoms with Crippen molar-refractivity contribution < 1.29 is 18.0 Å². The monoisotopic (exact) mass is 435 g/mol. The summed E-state index contributed by atoms with van der Waals surface area (Å²) in [4.78, 5) is 26.4. The summed E-state index contributed by atoms with van der Waals surface area (Å²) in [5.41, 5.74) is -1.07. The molecule has 30 heavy (non-hydrogen) atoms. The number of amides is 1. The van der Waals surface area contributed by atoms with Gasteiger partial charge in [0.25, 0.3) is 0 Å². The Morgan fingerprint density at radius 2 is 1.87 bits per heavy atom. The number of fused-ring (bicyclic) bond motifs is 1. The van der Waals surface area contributed by atoms with Gasteiger partial charge in [0.15, 0.2) is 0 Å². The number of piperazine rings is 1. The van der Waals surface area contributed by atoms with Crippen molar-refractivity contribution in [3.63, 3.8) is 0 Å². The molecule has 0 saturated carbocycles. The van der Waals surface area contributed by atoms with Crippen molar-refractivity contribution in [1.82, 2.24) is 14.9 Å². The van der Waals surface area contributed by atoms with Crippen molar-refractivity contribution in [1.29, 1.82) is 0 Å². The van der Waals surface area contributed by atoms with Crippen LogP contribution in [-0.4, -0.2) is 53.0 Å². The van der Waals surface area contributed by atoms with E-state index in [9.17, 15) is 18.0 Å². The predicted octanol–water partition coefficient (Wildman–Crippen LogP) is 3.86. The first kappa shape index (κ1) is 20.5. The zero-order valence-corrected chi connectivity index (χ0v) is 17.0. The summed E-state index contributed by atoms with van der Waals surface area (Å²) in [6.45, 7) is 4.25. The van der Waals surface area contributed by atoms with Crippen LogP contribution in [0.25, 0.3) is 10.2 Å². The fraction of sp³-hybridized carbons (Fsp3) is 0.350. The van der Waals surface area contributed by atoms with Gasteiger partial charge < -0.3 is 10.2 Å². The fourth-order valence-corrected chi connectivity index (χ4v) is 4.32. The van der Waals surface area contributed by atoms with Crippen LogP contribution in [0.3, 0.4) is 0 Å². The Balaban J connectivity index is 1.41. The van der Waals surface area contributed by atoms with Crippen LogP contribution in [0.5, 0.6) is 0 Å². The van der Waals surface area contributed by atoms with E-state index in [1.807, 2.05) is 16.3 Å². The standard InChI is InChI=1S/C20H20F3N5OS/c1-13(18(29)26-16-5-3-2-4-15(16)20(21,22)23)27-7-9-28(10-8-27)17-14-6-11-30-19(14)25-12-24-17/h2-6,11-13H,7-10H2,1H3,(H,26,29).